The van der Waals surface area contributed by atoms with Crippen LogP contribution in [-0.4, -0.2) is 26.1 Å². The zero-order valence-electron chi connectivity index (χ0n) is 10.2. The van der Waals surface area contributed by atoms with Crippen LogP contribution in [0.5, 0.6) is 0 Å². The van der Waals surface area contributed by atoms with E-state index in [1.807, 2.05) is 12.1 Å². The van der Waals surface area contributed by atoms with Crippen LogP contribution in [0.3, 0.4) is 0 Å². The Kier molecular flexibility index (Phi) is 3.42. The van der Waals surface area contributed by atoms with Crippen molar-refractivity contribution in [3.63, 3.8) is 0 Å². The van der Waals surface area contributed by atoms with Crippen LogP contribution < -0.4 is 5.32 Å². The lowest BCUT2D eigenvalue weighted by Crippen LogP contribution is -2.11. The molecule has 0 atom stereocenters. The molecule has 7 heteroatoms. The van der Waals surface area contributed by atoms with Crippen LogP contribution in [0.15, 0.2) is 49.1 Å². The Balaban J connectivity index is 1.77. The van der Waals surface area contributed by atoms with E-state index in [2.05, 4.69) is 25.5 Å². The smallest absolute Gasteiger partial charge is 0.259 e. The van der Waals surface area contributed by atoms with Crippen molar-refractivity contribution in [2.45, 2.75) is 0 Å². The minimum Gasteiger partial charge on any atom is -0.296 e. The fourth-order valence-electron chi connectivity index (χ4n) is 1.55. The molecule has 0 radical (unpaired) electrons. The van der Waals surface area contributed by atoms with E-state index in [9.17, 15) is 4.79 Å². The Labute approximate surface area is 118 Å². The van der Waals surface area contributed by atoms with E-state index in [1.54, 1.807) is 30.7 Å². The topological polar surface area (TPSA) is 80.7 Å². The molecule has 3 aromatic rings. The Morgan fingerprint density at radius 3 is 2.65 bits per heavy atom. The molecule has 0 aliphatic rings. The molecule has 3 rings (SSSR count). The van der Waals surface area contributed by atoms with Gasteiger partial charge in [-0.3, -0.25) is 20.1 Å². The first-order chi connectivity index (χ1) is 9.83. The van der Waals surface area contributed by atoms with Gasteiger partial charge in [-0.05, 0) is 24.3 Å². The van der Waals surface area contributed by atoms with Gasteiger partial charge in [0.2, 0.25) is 5.13 Å². The van der Waals surface area contributed by atoms with Crippen molar-refractivity contribution < 1.29 is 4.79 Å². The largest absolute Gasteiger partial charge is 0.296 e. The number of nitrogens with one attached hydrogen (secondary N) is 1. The Morgan fingerprint density at radius 1 is 1.05 bits per heavy atom. The average molecular weight is 283 g/mol. The van der Waals surface area contributed by atoms with Crippen molar-refractivity contribution in [3.8, 4) is 10.6 Å². The van der Waals surface area contributed by atoms with Crippen molar-refractivity contribution in [3.05, 3.63) is 54.6 Å². The zero-order chi connectivity index (χ0) is 13.8. The molecule has 0 aliphatic carbocycles. The molecule has 0 aromatic carbocycles. The highest BCUT2D eigenvalue weighted by molar-refractivity contribution is 7.18. The summed E-state index contributed by atoms with van der Waals surface area (Å²) < 4.78 is 0. The molecule has 0 saturated heterocycles. The van der Waals surface area contributed by atoms with Gasteiger partial charge in [-0.25, -0.2) is 0 Å². The fraction of sp³-hybridized carbons (Fsp3) is 0. The van der Waals surface area contributed by atoms with Gasteiger partial charge in [-0.1, -0.05) is 11.3 Å². The molecule has 3 heterocycles. The van der Waals surface area contributed by atoms with Gasteiger partial charge in [-0.2, -0.15) is 0 Å². The molecule has 6 nitrogen and oxygen atoms in total. The van der Waals surface area contributed by atoms with Gasteiger partial charge in [0, 0.05) is 30.4 Å². The van der Waals surface area contributed by atoms with Gasteiger partial charge in [0.1, 0.15) is 5.01 Å². The summed E-state index contributed by atoms with van der Waals surface area (Å²) in [6.45, 7) is 0. The lowest BCUT2D eigenvalue weighted by molar-refractivity contribution is 0.102. The van der Waals surface area contributed by atoms with E-state index in [0.717, 1.165) is 10.6 Å². The summed E-state index contributed by atoms with van der Waals surface area (Å²) in [5, 5.41) is 11.9. The first-order valence-electron chi connectivity index (χ1n) is 5.78. The van der Waals surface area contributed by atoms with Crippen molar-refractivity contribution >= 4 is 22.4 Å². The fourth-order valence-corrected chi connectivity index (χ4v) is 2.30. The first kappa shape index (κ1) is 12.4. The second-order valence-corrected chi connectivity index (χ2v) is 4.82. The lowest BCUT2D eigenvalue weighted by atomic mass is 10.3. The molecule has 98 valence electrons. The predicted octanol–water partition coefficient (Wildman–Crippen LogP) is 2.25. The Hall–Kier alpha value is -2.67. The minimum atomic E-state index is -0.254. The minimum absolute atomic E-state index is 0.254. The molecule has 20 heavy (non-hydrogen) atoms. The molecule has 0 saturated carbocycles. The van der Waals surface area contributed by atoms with Crippen LogP contribution in [0.4, 0.5) is 5.13 Å². The summed E-state index contributed by atoms with van der Waals surface area (Å²) in [7, 11) is 0. The number of nitrogens with zero attached hydrogens (tertiary/aromatic N) is 4. The lowest BCUT2D eigenvalue weighted by Gasteiger charge is -1.99. The quantitative estimate of drug-likeness (QED) is 0.797. The van der Waals surface area contributed by atoms with Crippen molar-refractivity contribution in [2.75, 3.05) is 5.32 Å². The third-order valence-electron chi connectivity index (χ3n) is 2.50. The number of aromatic nitrogens is 4. The Morgan fingerprint density at radius 2 is 1.90 bits per heavy atom. The SMILES string of the molecule is O=C(Nc1nnc(-c2ccncc2)s1)c1cccnc1. The van der Waals surface area contributed by atoms with Gasteiger partial charge < -0.3 is 0 Å². The first-order valence-corrected chi connectivity index (χ1v) is 6.60. The second-order valence-electron chi connectivity index (χ2n) is 3.84. The van der Waals surface area contributed by atoms with Crippen LogP contribution in [0.25, 0.3) is 10.6 Å². The highest BCUT2D eigenvalue weighted by Gasteiger charge is 2.11. The number of amides is 1. The molecule has 0 bridgehead atoms. The number of anilines is 1. The predicted molar refractivity (Wildman–Crippen MR) is 75.3 cm³/mol. The van der Waals surface area contributed by atoms with E-state index in [0.29, 0.717) is 10.7 Å². The van der Waals surface area contributed by atoms with E-state index in [1.165, 1.54) is 17.5 Å². The van der Waals surface area contributed by atoms with Crippen LogP contribution in [0.2, 0.25) is 0 Å². The summed E-state index contributed by atoms with van der Waals surface area (Å²) >= 11 is 1.31. The zero-order valence-corrected chi connectivity index (χ0v) is 11.0. The molecule has 0 spiro atoms. The maximum atomic E-state index is 11.9. The van der Waals surface area contributed by atoms with Crippen molar-refractivity contribution in [1.29, 1.82) is 0 Å². The van der Waals surface area contributed by atoms with Gasteiger partial charge in [-0.15, -0.1) is 10.2 Å². The molecule has 0 fully saturated rings. The third-order valence-corrected chi connectivity index (χ3v) is 3.38. The number of hydrogen-bond acceptors (Lipinski definition) is 6. The van der Waals surface area contributed by atoms with E-state index < -0.39 is 0 Å². The van der Waals surface area contributed by atoms with Gasteiger partial charge in [0.05, 0.1) is 5.56 Å². The molecule has 1 N–H and O–H groups in total. The van der Waals surface area contributed by atoms with Crippen LogP contribution in [-0.2, 0) is 0 Å². The standard InChI is InChI=1S/C13H9N5OS/c19-11(10-2-1-5-15-8-10)16-13-18-17-12(20-13)9-3-6-14-7-4-9/h1-8H,(H,16,18,19). The summed E-state index contributed by atoms with van der Waals surface area (Å²) in [6, 6.07) is 7.07. The van der Waals surface area contributed by atoms with Crippen LogP contribution in [0, 0.1) is 0 Å². The number of carbonyl (C=O) groups excluding carboxylic acids is 1. The highest BCUT2D eigenvalue weighted by Crippen LogP contribution is 2.25. The normalized spacial score (nSPS) is 10.2. The maximum absolute atomic E-state index is 11.9. The molecule has 0 unspecified atom stereocenters. The molecule has 3 aromatic heterocycles. The number of hydrogen-bond donors (Lipinski definition) is 1. The summed E-state index contributed by atoms with van der Waals surface area (Å²) in [6.07, 6.45) is 6.48. The van der Waals surface area contributed by atoms with Crippen molar-refractivity contribution in [2.24, 2.45) is 0 Å². The monoisotopic (exact) mass is 283 g/mol. The number of rotatable bonds is 3. The number of pyridine rings is 2. The maximum Gasteiger partial charge on any atom is 0.259 e. The summed E-state index contributed by atoms with van der Waals surface area (Å²) in [4.78, 5) is 19.8. The van der Waals surface area contributed by atoms with E-state index in [-0.39, 0.29) is 5.91 Å². The van der Waals surface area contributed by atoms with Crippen LogP contribution >= 0.6 is 11.3 Å². The van der Waals surface area contributed by atoms with E-state index in [4.69, 9.17) is 0 Å². The Bertz CT molecular complexity index is 714. The third kappa shape index (κ3) is 2.67. The molecular weight excluding hydrogens is 274 g/mol. The summed E-state index contributed by atoms with van der Waals surface area (Å²) in [5.41, 5.74) is 1.40. The van der Waals surface area contributed by atoms with Crippen molar-refractivity contribution in [1.82, 2.24) is 20.2 Å². The van der Waals surface area contributed by atoms with Gasteiger partial charge >= 0.3 is 0 Å². The number of carbonyl (C=O) groups is 1. The van der Waals surface area contributed by atoms with Gasteiger partial charge in [0.15, 0.2) is 0 Å². The van der Waals surface area contributed by atoms with Gasteiger partial charge in [0.25, 0.3) is 5.91 Å². The molecule has 1 amide bonds. The molecular formula is C13H9N5OS. The summed E-state index contributed by atoms with van der Waals surface area (Å²) in [5.74, 6) is -0.254. The molecule has 0 aliphatic heterocycles. The van der Waals surface area contributed by atoms with E-state index >= 15 is 0 Å². The average Bonchev–Trinajstić information content (AvgIpc) is 2.97. The van der Waals surface area contributed by atoms with Crippen LogP contribution in [0.1, 0.15) is 10.4 Å². The highest BCUT2D eigenvalue weighted by atomic mass is 32.1. The second kappa shape index (κ2) is 5.54.